The zero-order valence-electron chi connectivity index (χ0n) is 11.7. The molecule has 2 aromatic rings. The van der Waals surface area contributed by atoms with E-state index in [1.165, 1.54) is 35.1 Å². The number of nitrogens with zero attached hydrogens (tertiary/aromatic N) is 2. The van der Waals surface area contributed by atoms with Crippen LogP contribution in [0.5, 0.6) is 0 Å². The molecule has 1 aliphatic rings. The number of aromatic nitrogens is 2. The van der Waals surface area contributed by atoms with E-state index in [1.54, 1.807) is 6.33 Å². The number of rotatable bonds is 7. The molecule has 0 amide bonds. The zero-order chi connectivity index (χ0) is 13.8. The van der Waals surface area contributed by atoms with E-state index in [1.807, 2.05) is 11.3 Å². The molecule has 0 atom stereocenters. The Morgan fingerprint density at radius 3 is 2.95 bits per heavy atom. The monoisotopic (exact) mass is 291 g/mol. The summed E-state index contributed by atoms with van der Waals surface area (Å²) in [5, 5.41) is 13.5. The lowest BCUT2D eigenvalue weighted by Gasteiger charge is -2.07. The zero-order valence-corrected chi connectivity index (χ0v) is 12.5. The highest BCUT2D eigenvalue weighted by molar-refractivity contribution is 7.19. The Labute approximate surface area is 123 Å². The molecule has 0 aliphatic heterocycles. The van der Waals surface area contributed by atoms with Crippen molar-refractivity contribution >= 4 is 27.4 Å². The van der Waals surface area contributed by atoms with Crippen LogP contribution in [-0.4, -0.2) is 28.2 Å². The summed E-state index contributed by atoms with van der Waals surface area (Å²) in [6.07, 6.45) is 9.61. The molecule has 5 heteroatoms. The summed E-state index contributed by atoms with van der Waals surface area (Å²) in [6.45, 7) is 1.25. The van der Waals surface area contributed by atoms with Gasteiger partial charge in [0.1, 0.15) is 17.0 Å². The van der Waals surface area contributed by atoms with Crippen molar-refractivity contribution in [3.05, 3.63) is 16.8 Å². The van der Waals surface area contributed by atoms with Gasteiger partial charge in [0.05, 0.1) is 5.39 Å². The minimum Gasteiger partial charge on any atom is -0.396 e. The maximum atomic E-state index is 8.75. The number of hydrogen-bond acceptors (Lipinski definition) is 5. The molecule has 108 valence electrons. The van der Waals surface area contributed by atoms with Crippen LogP contribution in [0.4, 0.5) is 5.82 Å². The number of aryl methyl sites for hydroxylation is 2. The summed E-state index contributed by atoms with van der Waals surface area (Å²) >= 11 is 1.83. The van der Waals surface area contributed by atoms with Gasteiger partial charge in [-0.15, -0.1) is 11.3 Å². The molecule has 2 heterocycles. The molecule has 0 bridgehead atoms. The first kappa shape index (κ1) is 13.8. The van der Waals surface area contributed by atoms with Gasteiger partial charge in [-0.1, -0.05) is 12.8 Å². The van der Waals surface area contributed by atoms with Gasteiger partial charge in [0.2, 0.25) is 0 Å². The van der Waals surface area contributed by atoms with Gasteiger partial charge in [-0.25, -0.2) is 9.97 Å². The number of hydrogen-bond donors (Lipinski definition) is 2. The van der Waals surface area contributed by atoms with Crippen molar-refractivity contribution in [2.24, 2.45) is 0 Å². The second-order valence-corrected chi connectivity index (χ2v) is 6.41. The van der Waals surface area contributed by atoms with Crippen LogP contribution in [0.3, 0.4) is 0 Å². The largest absolute Gasteiger partial charge is 0.396 e. The molecule has 0 spiro atoms. The van der Waals surface area contributed by atoms with Crippen molar-refractivity contribution in [3.63, 3.8) is 0 Å². The minimum absolute atomic E-state index is 0.307. The number of nitrogens with one attached hydrogen (secondary N) is 1. The normalized spacial score (nSPS) is 13.8. The Hall–Kier alpha value is -1.20. The molecule has 2 N–H and O–H groups in total. The lowest BCUT2D eigenvalue weighted by Crippen LogP contribution is -2.04. The number of aliphatic hydroxyl groups is 1. The first-order valence-electron chi connectivity index (χ1n) is 7.50. The highest BCUT2D eigenvalue weighted by Crippen LogP contribution is 2.38. The van der Waals surface area contributed by atoms with E-state index in [0.29, 0.717) is 6.61 Å². The fourth-order valence-electron chi connectivity index (χ4n) is 2.86. The molecule has 4 nitrogen and oxygen atoms in total. The van der Waals surface area contributed by atoms with Crippen molar-refractivity contribution < 1.29 is 5.11 Å². The number of fused-ring (bicyclic) bond motifs is 3. The van der Waals surface area contributed by atoms with Crippen molar-refractivity contribution in [1.29, 1.82) is 0 Å². The number of anilines is 1. The lowest BCUT2D eigenvalue weighted by molar-refractivity contribution is 0.283. The summed E-state index contributed by atoms with van der Waals surface area (Å²) in [5.41, 5.74) is 1.48. The van der Waals surface area contributed by atoms with Crippen molar-refractivity contribution in [2.75, 3.05) is 18.5 Å². The summed E-state index contributed by atoms with van der Waals surface area (Å²) in [6, 6.07) is 0. The van der Waals surface area contributed by atoms with Crippen LogP contribution in [0, 0.1) is 0 Å². The van der Waals surface area contributed by atoms with E-state index in [4.69, 9.17) is 5.11 Å². The first-order chi connectivity index (χ1) is 9.90. The van der Waals surface area contributed by atoms with Gasteiger partial charge in [-0.2, -0.15) is 0 Å². The molecular formula is C15H21N3OS. The lowest BCUT2D eigenvalue weighted by atomic mass is 10.2. The number of aliphatic hydroxyl groups excluding tert-OH is 1. The molecule has 1 aliphatic carbocycles. The van der Waals surface area contributed by atoms with Crippen LogP contribution in [0.2, 0.25) is 0 Å². The van der Waals surface area contributed by atoms with Crippen LogP contribution in [-0.2, 0) is 12.8 Å². The molecular weight excluding hydrogens is 270 g/mol. The minimum atomic E-state index is 0.307. The Bertz CT molecular complexity index is 582. The molecule has 2 aromatic heterocycles. The quantitative estimate of drug-likeness (QED) is 0.769. The molecule has 0 radical (unpaired) electrons. The third-order valence-electron chi connectivity index (χ3n) is 3.88. The fourth-order valence-corrected chi connectivity index (χ4v) is 4.09. The van der Waals surface area contributed by atoms with Crippen LogP contribution < -0.4 is 5.32 Å². The van der Waals surface area contributed by atoms with Crippen molar-refractivity contribution in [1.82, 2.24) is 9.97 Å². The van der Waals surface area contributed by atoms with Gasteiger partial charge < -0.3 is 10.4 Å². The third kappa shape index (κ3) is 2.79. The van der Waals surface area contributed by atoms with Crippen LogP contribution >= 0.6 is 11.3 Å². The SMILES string of the molecule is OCCCCCCNc1ncnc2sc3c(c12)CCC3. The second kappa shape index (κ2) is 6.50. The molecule has 0 aromatic carbocycles. The summed E-state index contributed by atoms with van der Waals surface area (Å²) in [7, 11) is 0. The topological polar surface area (TPSA) is 58.0 Å². The van der Waals surface area contributed by atoms with Crippen molar-refractivity contribution in [3.8, 4) is 0 Å². The van der Waals surface area contributed by atoms with Gasteiger partial charge in [-0.05, 0) is 37.7 Å². The van der Waals surface area contributed by atoms with E-state index >= 15 is 0 Å². The van der Waals surface area contributed by atoms with Gasteiger partial charge in [0.25, 0.3) is 0 Å². The van der Waals surface area contributed by atoms with Crippen LogP contribution in [0.1, 0.15) is 42.5 Å². The van der Waals surface area contributed by atoms with Crippen LogP contribution in [0.25, 0.3) is 10.2 Å². The van der Waals surface area contributed by atoms with E-state index in [0.717, 1.165) is 42.9 Å². The maximum Gasteiger partial charge on any atom is 0.138 e. The van der Waals surface area contributed by atoms with Gasteiger partial charge in [0, 0.05) is 18.0 Å². The standard InChI is InChI=1S/C15H21N3OS/c19-9-4-2-1-3-8-16-14-13-11-6-5-7-12(11)20-15(13)18-10-17-14/h10,19H,1-9H2,(H,16,17,18). The van der Waals surface area contributed by atoms with Crippen LogP contribution in [0.15, 0.2) is 6.33 Å². The second-order valence-electron chi connectivity index (χ2n) is 5.32. The number of unbranched alkanes of at least 4 members (excludes halogenated alkanes) is 3. The predicted octanol–water partition coefficient (Wildman–Crippen LogP) is 3.14. The fraction of sp³-hybridized carbons (Fsp3) is 0.600. The smallest absolute Gasteiger partial charge is 0.138 e. The van der Waals surface area contributed by atoms with E-state index < -0.39 is 0 Å². The average molecular weight is 291 g/mol. The Morgan fingerprint density at radius 2 is 2.05 bits per heavy atom. The van der Waals surface area contributed by atoms with Gasteiger partial charge >= 0.3 is 0 Å². The molecule has 3 rings (SSSR count). The van der Waals surface area contributed by atoms with Crippen molar-refractivity contribution in [2.45, 2.75) is 44.9 Å². The number of thiophene rings is 1. The highest BCUT2D eigenvalue weighted by Gasteiger charge is 2.20. The average Bonchev–Trinajstić information content (AvgIpc) is 3.03. The molecule has 20 heavy (non-hydrogen) atoms. The van der Waals surface area contributed by atoms with Gasteiger partial charge in [-0.3, -0.25) is 0 Å². The summed E-state index contributed by atoms with van der Waals surface area (Å²) in [5.74, 6) is 1.01. The highest BCUT2D eigenvalue weighted by atomic mass is 32.1. The van der Waals surface area contributed by atoms with E-state index in [-0.39, 0.29) is 0 Å². The summed E-state index contributed by atoms with van der Waals surface area (Å²) < 4.78 is 0. The van der Waals surface area contributed by atoms with Gasteiger partial charge in [0.15, 0.2) is 0 Å². The third-order valence-corrected chi connectivity index (χ3v) is 5.08. The maximum absolute atomic E-state index is 8.75. The molecule has 0 saturated carbocycles. The molecule has 0 saturated heterocycles. The molecule has 0 fully saturated rings. The molecule has 0 unspecified atom stereocenters. The van der Waals surface area contributed by atoms with E-state index in [9.17, 15) is 0 Å². The predicted molar refractivity (Wildman–Crippen MR) is 83.5 cm³/mol. The van der Waals surface area contributed by atoms with E-state index in [2.05, 4.69) is 15.3 Å². The Balaban J connectivity index is 1.66. The Morgan fingerprint density at radius 1 is 1.15 bits per heavy atom. The summed E-state index contributed by atoms with van der Waals surface area (Å²) in [4.78, 5) is 11.5. The Kier molecular flexibility index (Phi) is 4.47. The first-order valence-corrected chi connectivity index (χ1v) is 8.32.